The molecule has 136 valence electrons. The van der Waals surface area contributed by atoms with E-state index in [0.717, 1.165) is 30.8 Å². The highest BCUT2D eigenvalue weighted by atomic mass is 16.2. The third-order valence-electron chi connectivity index (χ3n) is 4.94. The zero-order valence-electron chi connectivity index (χ0n) is 15.1. The van der Waals surface area contributed by atoms with Crippen LogP contribution in [0.2, 0.25) is 0 Å². The lowest BCUT2D eigenvalue weighted by Crippen LogP contribution is -2.41. The Bertz CT molecular complexity index is 776. The van der Waals surface area contributed by atoms with Crippen molar-refractivity contribution in [3.63, 3.8) is 0 Å². The van der Waals surface area contributed by atoms with Gasteiger partial charge in [0.1, 0.15) is 0 Å². The van der Waals surface area contributed by atoms with E-state index in [-0.39, 0.29) is 17.7 Å². The number of para-hydroxylation sites is 2. The van der Waals surface area contributed by atoms with Crippen molar-refractivity contribution >= 4 is 23.2 Å². The SMILES string of the molecule is CN(c1ccccc1)c1ccccc1C(=O)N1CCCC(CC(N)=O)C1. The van der Waals surface area contributed by atoms with Crippen LogP contribution in [-0.4, -0.2) is 36.9 Å². The third kappa shape index (κ3) is 4.04. The number of nitrogens with two attached hydrogens (primary N) is 1. The largest absolute Gasteiger partial charge is 0.370 e. The van der Waals surface area contributed by atoms with E-state index in [9.17, 15) is 9.59 Å². The average Bonchev–Trinajstić information content (AvgIpc) is 2.67. The predicted octanol–water partition coefficient (Wildman–Crippen LogP) is 3.18. The summed E-state index contributed by atoms with van der Waals surface area (Å²) in [4.78, 5) is 28.3. The number of likely N-dealkylation sites (tertiary alicyclic amines) is 1. The lowest BCUT2D eigenvalue weighted by atomic mass is 9.94. The van der Waals surface area contributed by atoms with Gasteiger partial charge >= 0.3 is 0 Å². The molecule has 1 fully saturated rings. The Labute approximate surface area is 154 Å². The van der Waals surface area contributed by atoms with Crippen LogP contribution in [0.25, 0.3) is 0 Å². The molecule has 0 spiro atoms. The number of nitrogens with zero attached hydrogens (tertiary/aromatic N) is 2. The van der Waals surface area contributed by atoms with E-state index in [4.69, 9.17) is 5.73 Å². The Kier molecular flexibility index (Phi) is 5.56. The molecule has 1 aliphatic rings. The highest BCUT2D eigenvalue weighted by Crippen LogP contribution is 2.29. The molecule has 0 aromatic heterocycles. The van der Waals surface area contributed by atoms with Crippen molar-refractivity contribution in [1.82, 2.24) is 4.90 Å². The Balaban J connectivity index is 1.83. The number of anilines is 2. The summed E-state index contributed by atoms with van der Waals surface area (Å²) < 4.78 is 0. The average molecular weight is 351 g/mol. The van der Waals surface area contributed by atoms with E-state index >= 15 is 0 Å². The lowest BCUT2D eigenvalue weighted by Gasteiger charge is -2.33. The van der Waals surface area contributed by atoms with E-state index in [1.807, 2.05) is 71.4 Å². The van der Waals surface area contributed by atoms with Gasteiger partial charge in [0.05, 0.1) is 11.3 Å². The summed E-state index contributed by atoms with van der Waals surface area (Å²) in [5, 5.41) is 0. The molecular formula is C21H25N3O2. The highest BCUT2D eigenvalue weighted by Gasteiger charge is 2.27. The van der Waals surface area contributed by atoms with Crippen LogP contribution in [0.5, 0.6) is 0 Å². The second-order valence-corrected chi connectivity index (χ2v) is 6.84. The molecule has 1 saturated heterocycles. The van der Waals surface area contributed by atoms with Crippen LogP contribution in [0.4, 0.5) is 11.4 Å². The maximum atomic E-state index is 13.2. The normalized spacial score (nSPS) is 17.0. The summed E-state index contributed by atoms with van der Waals surface area (Å²) in [5.74, 6) is -0.129. The molecule has 0 aliphatic carbocycles. The second-order valence-electron chi connectivity index (χ2n) is 6.84. The van der Waals surface area contributed by atoms with Crippen molar-refractivity contribution in [2.45, 2.75) is 19.3 Å². The van der Waals surface area contributed by atoms with Gasteiger partial charge in [0.15, 0.2) is 0 Å². The van der Waals surface area contributed by atoms with Crippen LogP contribution in [0.15, 0.2) is 54.6 Å². The molecular weight excluding hydrogens is 326 g/mol. The number of hydrogen-bond acceptors (Lipinski definition) is 3. The van der Waals surface area contributed by atoms with Gasteiger partial charge in [-0.1, -0.05) is 30.3 Å². The molecule has 0 bridgehead atoms. The summed E-state index contributed by atoms with van der Waals surface area (Å²) in [5.41, 5.74) is 7.92. The molecule has 0 radical (unpaired) electrons. The zero-order chi connectivity index (χ0) is 18.5. The van der Waals surface area contributed by atoms with Crippen LogP contribution in [0.1, 0.15) is 29.6 Å². The quantitative estimate of drug-likeness (QED) is 0.900. The van der Waals surface area contributed by atoms with Gasteiger partial charge in [-0.05, 0) is 43.0 Å². The molecule has 3 rings (SSSR count). The number of carbonyl (C=O) groups excluding carboxylic acids is 2. The minimum Gasteiger partial charge on any atom is -0.370 e. The fourth-order valence-electron chi connectivity index (χ4n) is 3.61. The molecule has 5 nitrogen and oxygen atoms in total. The van der Waals surface area contributed by atoms with Gasteiger partial charge in [-0.2, -0.15) is 0 Å². The summed E-state index contributed by atoms with van der Waals surface area (Å²) in [6, 6.07) is 17.6. The molecule has 1 heterocycles. The second kappa shape index (κ2) is 8.04. The molecule has 2 aromatic rings. The van der Waals surface area contributed by atoms with Crippen molar-refractivity contribution in [3.05, 3.63) is 60.2 Å². The Morgan fingerprint density at radius 3 is 2.54 bits per heavy atom. The smallest absolute Gasteiger partial charge is 0.255 e. The molecule has 26 heavy (non-hydrogen) atoms. The molecule has 5 heteroatoms. The Morgan fingerprint density at radius 1 is 1.12 bits per heavy atom. The van der Waals surface area contributed by atoms with Gasteiger partial charge in [0.25, 0.3) is 5.91 Å². The minimum absolute atomic E-state index is 0.0116. The maximum absolute atomic E-state index is 13.2. The van der Waals surface area contributed by atoms with Gasteiger partial charge in [0, 0.05) is 32.2 Å². The van der Waals surface area contributed by atoms with E-state index in [1.54, 1.807) is 0 Å². The fraction of sp³-hybridized carbons (Fsp3) is 0.333. The molecule has 2 amide bonds. The van der Waals surface area contributed by atoms with Gasteiger partial charge in [-0.3, -0.25) is 9.59 Å². The first-order valence-corrected chi connectivity index (χ1v) is 9.01. The van der Waals surface area contributed by atoms with Crippen LogP contribution < -0.4 is 10.6 Å². The molecule has 2 aromatic carbocycles. The van der Waals surface area contributed by atoms with Gasteiger partial charge in [-0.25, -0.2) is 0 Å². The van der Waals surface area contributed by atoms with Crippen molar-refractivity contribution < 1.29 is 9.59 Å². The van der Waals surface area contributed by atoms with Crippen molar-refractivity contribution in [2.24, 2.45) is 11.7 Å². The monoisotopic (exact) mass is 351 g/mol. The number of hydrogen-bond donors (Lipinski definition) is 1. The number of benzene rings is 2. The van der Waals surface area contributed by atoms with Gasteiger partial charge < -0.3 is 15.5 Å². The van der Waals surface area contributed by atoms with Crippen molar-refractivity contribution in [3.8, 4) is 0 Å². The molecule has 2 N–H and O–H groups in total. The zero-order valence-corrected chi connectivity index (χ0v) is 15.1. The first kappa shape index (κ1) is 18.0. The summed E-state index contributed by atoms with van der Waals surface area (Å²) in [6.45, 7) is 1.31. The van der Waals surface area contributed by atoms with Gasteiger partial charge in [-0.15, -0.1) is 0 Å². The van der Waals surface area contributed by atoms with Gasteiger partial charge in [0.2, 0.25) is 5.91 Å². The van der Waals surface area contributed by atoms with Crippen LogP contribution >= 0.6 is 0 Å². The number of piperidine rings is 1. The number of rotatable bonds is 5. The number of amides is 2. The molecule has 1 unspecified atom stereocenters. The summed E-state index contributed by atoms with van der Waals surface area (Å²) in [7, 11) is 1.97. The number of carbonyl (C=O) groups is 2. The van der Waals surface area contributed by atoms with E-state index in [1.165, 1.54) is 0 Å². The van der Waals surface area contributed by atoms with Crippen LogP contribution in [0, 0.1) is 5.92 Å². The fourth-order valence-corrected chi connectivity index (χ4v) is 3.61. The van der Waals surface area contributed by atoms with Crippen LogP contribution in [-0.2, 0) is 4.79 Å². The first-order valence-electron chi connectivity index (χ1n) is 9.01. The van der Waals surface area contributed by atoms with E-state index in [0.29, 0.717) is 18.5 Å². The summed E-state index contributed by atoms with van der Waals surface area (Å²) >= 11 is 0. The van der Waals surface area contributed by atoms with E-state index in [2.05, 4.69) is 0 Å². The van der Waals surface area contributed by atoms with Crippen LogP contribution in [0.3, 0.4) is 0 Å². The molecule has 0 saturated carbocycles. The number of primary amides is 1. The lowest BCUT2D eigenvalue weighted by molar-refractivity contribution is -0.119. The maximum Gasteiger partial charge on any atom is 0.255 e. The van der Waals surface area contributed by atoms with Crippen molar-refractivity contribution in [1.29, 1.82) is 0 Å². The standard InChI is InChI=1S/C21H25N3O2/c1-23(17-9-3-2-4-10-17)19-12-6-5-11-18(19)21(26)24-13-7-8-16(15-24)14-20(22)25/h2-6,9-12,16H,7-8,13-15H2,1H3,(H2,22,25). The summed E-state index contributed by atoms with van der Waals surface area (Å²) in [6.07, 6.45) is 2.19. The predicted molar refractivity (Wildman–Crippen MR) is 103 cm³/mol. The Hall–Kier alpha value is -2.82. The van der Waals surface area contributed by atoms with E-state index < -0.39 is 0 Å². The molecule has 1 atom stereocenters. The Morgan fingerprint density at radius 2 is 1.81 bits per heavy atom. The topological polar surface area (TPSA) is 66.6 Å². The molecule has 1 aliphatic heterocycles. The highest BCUT2D eigenvalue weighted by molar-refractivity contribution is 6.00. The third-order valence-corrected chi connectivity index (χ3v) is 4.94. The first-order chi connectivity index (χ1) is 12.6. The minimum atomic E-state index is -0.298. The van der Waals surface area contributed by atoms with Crippen molar-refractivity contribution in [2.75, 3.05) is 25.0 Å².